The third kappa shape index (κ3) is 13.7. The smallest absolute Gasteiger partial charge is 0.453 e. The van der Waals surface area contributed by atoms with E-state index in [1.54, 1.807) is 71.9 Å². The highest BCUT2D eigenvalue weighted by Crippen LogP contribution is 2.49. The van der Waals surface area contributed by atoms with E-state index in [9.17, 15) is 72.4 Å². The van der Waals surface area contributed by atoms with Gasteiger partial charge < -0.3 is 30.3 Å². The lowest BCUT2D eigenvalue weighted by Crippen LogP contribution is -2.57. The Morgan fingerprint density at radius 3 is 2.03 bits per heavy atom. The molecular weight excluding hydrogens is 1030 g/mol. The third-order valence-corrected chi connectivity index (χ3v) is 12.5. The highest BCUT2D eigenvalue weighted by Gasteiger charge is 2.70. The summed E-state index contributed by atoms with van der Waals surface area (Å²) in [4.78, 5) is 50.8. The van der Waals surface area contributed by atoms with Crippen LogP contribution in [0.4, 0.5) is 46.5 Å². The third-order valence-electron chi connectivity index (χ3n) is 11.0. The van der Waals surface area contributed by atoms with Gasteiger partial charge in [0, 0.05) is 65.6 Å². The number of aliphatic carboxylic acids is 1. The van der Waals surface area contributed by atoms with Crippen molar-refractivity contribution in [2.24, 2.45) is 0 Å². The molecule has 2 aromatic carbocycles. The number of hydrogen-bond donors (Lipinski definition) is 5. The van der Waals surface area contributed by atoms with Crippen LogP contribution in [0.25, 0.3) is 0 Å². The van der Waals surface area contributed by atoms with E-state index in [2.05, 4.69) is 24.2 Å². The summed E-state index contributed by atoms with van der Waals surface area (Å²) in [5, 5.41) is 25.9. The fourth-order valence-electron chi connectivity index (χ4n) is 7.54. The Hall–Kier alpha value is -5.53. The minimum Gasteiger partial charge on any atom is -0.477 e. The van der Waals surface area contributed by atoms with E-state index in [4.69, 9.17) is 9.99 Å². The van der Waals surface area contributed by atoms with Gasteiger partial charge in [-0.1, -0.05) is 37.1 Å². The van der Waals surface area contributed by atoms with Crippen molar-refractivity contribution < 1.29 is 106 Å². The van der Waals surface area contributed by atoms with Crippen LogP contribution in [0, 0.1) is 0 Å². The van der Waals surface area contributed by atoms with Crippen LogP contribution in [-0.4, -0.2) is 139 Å². The second-order valence-electron chi connectivity index (χ2n) is 16.5. The molecule has 0 aliphatic carbocycles. The van der Waals surface area contributed by atoms with E-state index in [1.165, 1.54) is 17.4 Å². The van der Waals surface area contributed by atoms with Gasteiger partial charge in [-0.3, -0.25) is 18.9 Å². The largest absolute Gasteiger partial charge is 0.477 e. The molecule has 0 saturated heterocycles. The number of nitrogens with one attached hydrogen (secondary N) is 2. The molecule has 0 saturated carbocycles. The van der Waals surface area contributed by atoms with E-state index in [-0.39, 0.29) is 31.1 Å². The molecule has 0 fully saturated rings. The number of ether oxygens (including phenoxy) is 3. The fourth-order valence-corrected chi connectivity index (χ4v) is 8.44. The number of fused-ring (bicyclic) bond motifs is 2. The van der Waals surface area contributed by atoms with Gasteiger partial charge in [0.15, 0.2) is 5.71 Å². The summed E-state index contributed by atoms with van der Waals surface area (Å²) in [6, 6.07) is 8.89. The molecule has 2 aromatic rings. The molecule has 0 atom stereocenters. The van der Waals surface area contributed by atoms with E-state index >= 15 is 0 Å². The number of carboxylic acid groups (broad SMARTS) is 1. The average molecular weight is 1080 g/mol. The normalized spacial score (nSPS) is 16.4. The van der Waals surface area contributed by atoms with Crippen LogP contribution in [0.2, 0.25) is 0 Å². The number of carbonyl (C=O) groups is 4. The van der Waals surface area contributed by atoms with Gasteiger partial charge in [-0.05, 0) is 69.7 Å². The first kappa shape index (κ1) is 59.0. The zero-order valence-electron chi connectivity index (χ0n) is 39.0. The van der Waals surface area contributed by atoms with Crippen molar-refractivity contribution in [3.63, 3.8) is 0 Å². The van der Waals surface area contributed by atoms with Crippen molar-refractivity contribution in [2.45, 2.75) is 86.6 Å². The second-order valence-corrected chi connectivity index (χ2v) is 18.7. The molecule has 2 heterocycles. The first-order valence-corrected chi connectivity index (χ1v) is 23.4. The molecule has 2 aliphatic heterocycles. The van der Waals surface area contributed by atoms with E-state index < -0.39 is 100 Å². The molecule has 398 valence electrons. The standard InChI is InChI=1S/C43H49F8N5O14S2/c1-7-54(8-2)37(61)41(46,47)68-43(50,51)42(48,49)67-40(44,45)36(60)53-19-21-66-20-18-52-34(57)24-55-31-17-15-27(72(63,64)65)23-29(31)39(5,6)32(55)12-10-9-11-13-33-38(3,4)28-22-26(71-70-69-62)14-16-30(28)56(33)25-35(58)59/h9-17,22-23H,7-8,18-21,24-25H2,1-6H3,(H4-,52,53,57,58,59,60,62,63,64,65)/p+1. The second kappa shape index (κ2) is 23.1. The van der Waals surface area contributed by atoms with Crippen LogP contribution in [0.15, 0.2) is 82.3 Å². The maximum Gasteiger partial charge on any atom is 0.453 e. The van der Waals surface area contributed by atoms with E-state index in [1.807, 2.05) is 13.8 Å². The van der Waals surface area contributed by atoms with Gasteiger partial charge in [0.1, 0.15) is 6.54 Å². The quantitative estimate of drug-likeness (QED) is 0.0104. The molecule has 29 heteroatoms. The van der Waals surface area contributed by atoms with Gasteiger partial charge in [-0.25, -0.2) is 19.5 Å². The van der Waals surface area contributed by atoms with Crippen molar-refractivity contribution in [2.75, 3.05) is 57.4 Å². The summed E-state index contributed by atoms with van der Waals surface area (Å²) in [5.41, 5.74) is 1.55. The van der Waals surface area contributed by atoms with Crippen LogP contribution in [0.5, 0.6) is 0 Å². The van der Waals surface area contributed by atoms with Crippen molar-refractivity contribution in [3.8, 4) is 0 Å². The Bertz CT molecular complexity index is 2610. The lowest BCUT2D eigenvalue weighted by molar-refractivity contribution is -0.500. The minimum absolute atomic E-state index is 0.233. The number of carbonyl (C=O) groups excluding carboxylic acids is 3. The fraction of sp³-hybridized carbons (Fsp3) is 0.465. The highest BCUT2D eigenvalue weighted by atomic mass is 32.2. The lowest BCUT2D eigenvalue weighted by Gasteiger charge is -2.31. The Morgan fingerprint density at radius 2 is 1.44 bits per heavy atom. The summed E-state index contributed by atoms with van der Waals surface area (Å²) in [5.74, 6) is -6.92. The van der Waals surface area contributed by atoms with Gasteiger partial charge >= 0.3 is 42.2 Å². The van der Waals surface area contributed by atoms with Gasteiger partial charge in [-0.15, -0.1) is 4.33 Å². The molecule has 2 aliphatic rings. The summed E-state index contributed by atoms with van der Waals surface area (Å²) in [6.07, 6.45) is -16.2. The number of carboxylic acids is 1. The molecule has 0 radical (unpaired) electrons. The van der Waals surface area contributed by atoms with E-state index in [0.29, 0.717) is 33.2 Å². The van der Waals surface area contributed by atoms with Crippen LogP contribution in [0.1, 0.15) is 52.7 Å². The van der Waals surface area contributed by atoms with Gasteiger partial charge in [0.25, 0.3) is 10.1 Å². The van der Waals surface area contributed by atoms with Crippen LogP contribution >= 0.6 is 12.0 Å². The molecule has 0 unspecified atom stereocenters. The molecular formula is C43H50F8N5O14S2+. The molecule has 19 nitrogen and oxygen atoms in total. The predicted octanol–water partition coefficient (Wildman–Crippen LogP) is 6.14. The first-order chi connectivity index (χ1) is 33.3. The van der Waals surface area contributed by atoms with Gasteiger partial charge in [0.05, 0.1) is 35.6 Å². The number of rotatable bonds is 26. The minimum atomic E-state index is -6.58. The van der Waals surface area contributed by atoms with Gasteiger partial charge in [0.2, 0.25) is 18.1 Å². The summed E-state index contributed by atoms with van der Waals surface area (Å²) in [6.45, 7) is 5.73. The molecule has 0 spiro atoms. The SMILES string of the molecule is CCN(CC)C(=O)C(F)(F)OC(F)(F)C(F)(F)OC(F)(F)C(=O)NCCOCCNC(=O)CN1\C(=C/C=C/C=C/C2=[N+](CC(=O)O)c3ccc(SOOO)cc3C2(C)C)C(C)(C)c2cc(S(=O)(=O)O)ccc21. The number of nitrogens with zero attached hydrogens (tertiary/aromatic N) is 3. The zero-order chi connectivity index (χ0) is 54.3. The summed E-state index contributed by atoms with van der Waals surface area (Å²) < 4.78 is 163. The first-order valence-electron chi connectivity index (χ1n) is 21.2. The maximum atomic E-state index is 14.2. The number of hydrogen-bond acceptors (Lipinski definition) is 14. The van der Waals surface area contributed by atoms with Crippen molar-refractivity contribution in [1.82, 2.24) is 15.5 Å². The van der Waals surface area contributed by atoms with Gasteiger partial charge in [-0.2, -0.15) is 48.1 Å². The Kier molecular flexibility index (Phi) is 19.0. The number of halogens is 8. The lowest BCUT2D eigenvalue weighted by atomic mass is 9.81. The highest BCUT2D eigenvalue weighted by molar-refractivity contribution is 7.94. The van der Waals surface area contributed by atoms with Crippen LogP contribution in [0.3, 0.4) is 0 Å². The predicted molar refractivity (Wildman–Crippen MR) is 237 cm³/mol. The monoisotopic (exact) mass is 1080 g/mol. The molecule has 72 heavy (non-hydrogen) atoms. The van der Waals surface area contributed by atoms with Crippen LogP contribution in [-0.2, 0) is 63.7 Å². The van der Waals surface area contributed by atoms with Crippen molar-refractivity contribution >= 4 is 62.9 Å². The topological polar surface area (TPSA) is 243 Å². The Morgan fingerprint density at radius 1 is 0.833 bits per heavy atom. The maximum absolute atomic E-state index is 14.2. The van der Waals surface area contributed by atoms with Crippen molar-refractivity contribution in [3.05, 3.63) is 83.6 Å². The van der Waals surface area contributed by atoms with Crippen LogP contribution < -0.4 is 15.5 Å². The number of amides is 3. The summed E-state index contributed by atoms with van der Waals surface area (Å²) in [7, 11) is -4.65. The Balaban J connectivity index is 1.40. The number of benzene rings is 2. The molecule has 0 bridgehead atoms. The number of anilines is 1. The average Bonchev–Trinajstić information content (AvgIpc) is 3.60. The summed E-state index contributed by atoms with van der Waals surface area (Å²) >= 11 is 0.736. The molecule has 5 N–H and O–H groups in total. The Labute approximate surface area is 410 Å². The van der Waals surface area contributed by atoms with Crippen molar-refractivity contribution in [1.29, 1.82) is 0 Å². The number of likely N-dealkylation sites (N-methyl/N-ethyl adjacent to an activating group) is 1. The molecule has 4 rings (SSSR count). The molecule has 0 aromatic heterocycles. The molecule has 3 amide bonds. The number of alkyl halides is 8. The zero-order valence-corrected chi connectivity index (χ0v) is 40.7. The van der Waals surface area contributed by atoms with E-state index in [0.717, 1.165) is 37.5 Å². The number of allylic oxidation sites excluding steroid dienone is 6.